The van der Waals surface area contributed by atoms with Gasteiger partial charge in [0.05, 0.1) is 6.04 Å². The molecule has 1 N–H and O–H groups in total. The maximum atomic E-state index is 12.8. The summed E-state index contributed by atoms with van der Waals surface area (Å²) >= 11 is 0. The van der Waals surface area contributed by atoms with E-state index < -0.39 is 6.10 Å². The first-order chi connectivity index (χ1) is 12.1. The van der Waals surface area contributed by atoms with Crippen molar-refractivity contribution in [1.29, 1.82) is 0 Å². The van der Waals surface area contributed by atoms with Crippen LogP contribution in [0.15, 0.2) is 42.5 Å². The molecule has 2 aromatic rings. The SMILES string of the molecule is CC[C@H](Oc1ccc(C)c(C)c1)C(=O)N[C@H]1CCCc2ccccc21. The Labute approximate surface area is 150 Å². The quantitative estimate of drug-likeness (QED) is 0.862. The number of nitrogens with one attached hydrogen (secondary N) is 1. The van der Waals surface area contributed by atoms with Crippen LogP contribution in [0.25, 0.3) is 0 Å². The second-order valence-electron chi connectivity index (χ2n) is 6.91. The fraction of sp³-hybridized carbons (Fsp3) is 0.409. The van der Waals surface area contributed by atoms with Crippen LogP contribution in [-0.2, 0) is 11.2 Å². The molecule has 0 unspecified atom stereocenters. The van der Waals surface area contributed by atoms with Crippen LogP contribution in [0.2, 0.25) is 0 Å². The van der Waals surface area contributed by atoms with Gasteiger partial charge in [-0.2, -0.15) is 0 Å². The van der Waals surface area contributed by atoms with E-state index in [1.54, 1.807) is 0 Å². The van der Waals surface area contributed by atoms with E-state index in [1.165, 1.54) is 22.3 Å². The molecule has 3 rings (SSSR count). The van der Waals surface area contributed by atoms with Crippen molar-refractivity contribution in [1.82, 2.24) is 5.32 Å². The summed E-state index contributed by atoms with van der Waals surface area (Å²) in [5.74, 6) is 0.733. The molecule has 0 saturated heterocycles. The molecule has 3 heteroatoms. The van der Waals surface area contributed by atoms with Gasteiger partial charge in [-0.05, 0) is 73.9 Å². The molecular formula is C22H27NO2. The highest BCUT2D eigenvalue weighted by Gasteiger charge is 2.25. The van der Waals surface area contributed by atoms with Crippen molar-refractivity contribution in [3.05, 3.63) is 64.7 Å². The lowest BCUT2D eigenvalue weighted by molar-refractivity contribution is -0.129. The summed E-state index contributed by atoms with van der Waals surface area (Å²) in [5.41, 5.74) is 5.00. The Kier molecular flexibility index (Phi) is 5.42. The van der Waals surface area contributed by atoms with Gasteiger partial charge in [0.25, 0.3) is 5.91 Å². The zero-order chi connectivity index (χ0) is 17.8. The van der Waals surface area contributed by atoms with E-state index in [1.807, 2.05) is 31.2 Å². The summed E-state index contributed by atoms with van der Waals surface area (Å²) in [4.78, 5) is 12.8. The number of carbonyl (C=O) groups is 1. The lowest BCUT2D eigenvalue weighted by Crippen LogP contribution is -2.41. The monoisotopic (exact) mass is 337 g/mol. The van der Waals surface area contributed by atoms with E-state index in [0.717, 1.165) is 25.0 Å². The fourth-order valence-electron chi connectivity index (χ4n) is 3.44. The molecule has 0 spiro atoms. The number of carbonyl (C=O) groups excluding carboxylic acids is 1. The minimum absolute atomic E-state index is 0.0255. The number of rotatable bonds is 5. The first kappa shape index (κ1) is 17.5. The summed E-state index contributed by atoms with van der Waals surface area (Å²) in [6.07, 6.45) is 3.38. The Bertz CT molecular complexity index is 753. The number of ether oxygens (including phenoxy) is 1. The number of amides is 1. The minimum atomic E-state index is -0.462. The average Bonchev–Trinajstić information content (AvgIpc) is 2.63. The Balaban J connectivity index is 1.70. The van der Waals surface area contributed by atoms with Gasteiger partial charge in [-0.15, -0.1) is 0 Å². The van der Waals surface area contributed by atoms with Gasteiger partial charge in [-0.25, -0.2) is 0 Å². The van der Waals surface area contributed by atoms with Crippen LogP contribution in [0.5, 0.6) is 5.75 Å². The molecule has 0 bridgehead atoms. The molecule has 0 aliphatic heterocycles. The first-order valence-electron chi connectivity index (χ1n) is 9.20. The lowest BCUT2D eigenvalue weighted by Gasteiger charge is -2.28. The molecule has 0 heterocycles. The first-order valence-corrected chi connectivity index (χ1v) is 9.20. The minimum Gasteiger partial charge on any atom is -0.481 e. The van der Waals surface area contributed by atoms with Crippen LogP contribution in [0.3, 0.4) is 0 Å². The van der Waals surface area contributed by atoms with Crippen molar-refractivity contribution < 1.29 is 9.53 Å². The highest BCUT2D eigenvalue weighted by atomic mass is 16.5. The van der Waals surface area contributed by atoms with Crippen molar-refractivity contribution in [2.75, 3.05) is 0 Å². The van der Waals surface area contributed by atoms with Gasteiger partial charge >= 0.3 is 0 Å². The van der Waals surface area contributed by atoms with Crippen molar-refractivity contribution in [2.24, 2.45) is 0 Å². The Hall–Kier alpha value is -2.29. The molecule has 1 amide bonds. The molecule has 2 atom stereocenters. The molecule has 0 radical (unpaired) electrons. The molecule has 25 heavy (non-hydrogen) atoms. The van der Waals surface area contributed by atoms with Crippen LogP contribution in [-0.4, -0.2) is 12.0 Å². The van der Waals surface area contributed by atoms with Crippen LogP contribution < -0.4 is 10.1 Å². The Morgan fingerprint density at radius 3 is 2.76 bits per heavy atom. The second kappa shape index (κ2) is 7.73. The smallest absolute Gasteiger partial charge is 0.261 e. The second-order valence-corrected chi connectivity index (χ2v) is 6.91. The van der Waals surface area contributed by atoms with Gasteiger partial charge < -0.3 is 10.1 Å². The Morgan fingerprint density at radius 1 is 1.20 bits per heavy atom. The summed E-state index contributed by atoms with van der Waals surface area (Å²) in [6, 6.07) is 14.5. The molecule has 1 aliphatic rings. The van der Waals surface area contributed by atoms with E-state index in [0.29, 0.717) is 6.42 Å². The van der Waals surface area contributed by atoms with Gasteiger partial charge in [0.2, 0.25) is 0 Å². The van der Waals surface area contributed by atoms with Crippen LogP contribution in [0.4, 0.5) is 0 Å². The summed E-state index contributed by atoms with van der Waals surface area (Å²) in [7, 11) is 0. The van der Waals surface area contributed by atoms with Crippen LogP contribution >= 0.6 is 0 Å². The third kappa shape index (κ3) is 4.04. The summed E-state index contributed by atoms with van der Waals surface area (Å²) in [6.45, 7) is 6.12. The fourth-order valence-corrected chi connectivity index (χ4v) is 3.44. The summed E-state index contributed by atoms with van der Waals surface area (Å²) in [5, 5.41) is 3.21. The number of aryl methyl sites for hydroxylation is 3. The summed E-state index contributed by atoms with van der Waals surface area (Å²) < 4.78 is 5.98. The van der Waals surface area contributed by atoms with Gasteiger partial charge in [0, 0.05) is 0 Å². The van der Waals surface area contributed by atoms with Gasteiger partial charge in [-0.3, -0.25) is 4.79 Å². The standard InChI is InChI=1S/C22H27NO2/c1-4-21(25-18-13-12-15(2)16(3)14-18)22(24)23-20-11-7-9-17-8-5-6-10-19(17)20/h5-6,8,10,12-14,20-21H,4,7,9,11H2,1-3H3,(H,23,24)/t20-,21-/m0/s1. The number of hydrogen-bond acceptors (Lipinski definition) is 2. The molecule has 0 fully saturated rings. The predicted molar refractivity (Wildman–Crippen MR) is 101 cm³/mol. The predicted octanol–water partition coefficient (Wildman–Crippen LogP) is 4.65. The molecule has 2 aromatic carbocycles. The molecular weight excluding hydrogens is 310 g/mol. The van der Waals surface area contributed by atoms with Gasteiger partial charge in [0.15, 0.2) is 6.10 Å². The number of benzene rings is 2. The topological polar surface area (TPSA) is 38.3 Å². The molecule has 3 nitrogen and oxygen atoms in total. The van der Waals surface area contributed by atoms with Crippen molar-refractivity contribution in [3.63, 3.8) is 0 Å². The molecule has 1 aliphatic carbocycles. The zero-order valence-electron chi connectivity index (χ0n) is 15.3. The van der Waals surface area contributed by atoms with Crippen molar-refractivity contribution in [3.8, 4) is 5.75 Å². The van der Waals surface area contributed by atoms with Gasteiger partial charge in [-0.1, -0.05) is 37.3 Å². The van der Waals surface area contributed by atoms with Crippen LogP contribution in [0, 0.1) is 13.8 Å². The molecule has 132 valence electrons. The van der Waals surface area contributed by atoms with Gasteiger partial charge in [0.1, 0.15) is 5.75 Å². The third-order valence-corrected chi connectivity index (χ3v) is 5.11. The maximum absolute atomic E-state index is 12.8. The largest absolute Gasteiger partial charge is 0.481 e. The van der Waals surface area contributed by atoms with E-state index in [9.17, 15) is 4.79 Å². The van der Waals surface area contributed by atoms with Crippen LogP contribution in [0.1, 0.15) is 54.5 Å². The van der Waals surface area contributed by atoms with Crippen molar-refractivity contribution in [2.45, 2.75) is 58.6 Å². The highest BCUT2D eigenvalue weighted by Crippen LogP contribution is 2.29. The normalized spacial score (nSPS) is 17.5. The number of hydrogen-bond donors (Lipinski definition) is 1. The van der Waals surface area contributed by atoms with E-state index in [-0.39, 0.29) is 11.9 Å². The zero-order valence-corrected chi connectivity index (χ0v) is 15.3. The third-order valence-electron chi connectivity index (χ3n) is 5.11. The highest BCUT2D eigenvalue weighted by molar-refractivity contribution is 5.81. The Morgan fingerprint density at radius 2 is 2.00 bits per heavy atom. The van der Waals surface area contributed by atoms with E-state index in [4.69, 9.17) is 4.74 Å². The van der Waals surface area contributed by atoms with Crippen molar-refractivity contribution >= 4 is 5.91 Å². The van der Waals surface area contributed by atoms with E-state index >= 15 is 0 Å². The van der Waals surface area contributed by atoms with E-state index in [2.05, 4.69) is 37.4 Å². The molecule has 0 aromatic heterocycles. The average molecular weight is 337 g/mol. The lowest BCUT2D eigenvalue weighted by atomic mass is 9.87. The number of fused-ring (bicyclic) bond motifs is 1. The maximum Gasteiger partial charge on any atom is 0.261 e. The molecule has 0 saturated carbocycles.